The van der Waals surface area contributed by atoms with Gasteiger partial charge in [0, 0.05) is 12.6 Å². The van der Waals surface area contributed by atoms with Crippen LogP contribution in [-0.2, 0) is 9.59 Å². The molecule has 5 heteroatoms. The van der Waals surface area contributed by atoms with Crippen molar-refractivity contribution < 1.29 is 14.7 Å². The van der Waals surface area contributed by atoms with E-state index in [-0.39, 0.29) is 11.9 Å². The van der Waals surface area contributed by atoms with Crippen molar-refractivity contribution in [2.24, 2.45) is 11.8 Å². The Balaban J connectivity index is 2.08. The third kappa shape index (κ3) is 3.14. The maximum absolute atomic E-state index is 12.5. The number of hydrogen-bond acceptors (Lipinski definition) is 3. The Morgan fingerprint density at radius 2 is 1.89 bits per heavy atom. The fourth-order valence-electron chi connectivity index (χ4n) is 2.60. The Labute approximate surface area is 112 Å². The molecule has 0 bridgehead atoms. The molecule has 0 radical (unpaired) electrons. The Hall–Kier alpha value is -1.83. The lowest BCUT2D eigenvalue weighted by Crippen LogP contribution is -2.43. The quantitative estimate of drug-likeness (QED) is 0.762. The first-order valence-electron chi connectivity index (χ1n) is 6.70. The number of aliphatic carboxylic acids is 1. The van der Waals surface area contributed by atoms with Crippen LogP contribution in [0.5, 0.6) is 0 Å². The van der Waals surface area contributed by atoms with Crippen LogP contribution >= 0.6 is 0 Å². The van der Waals surface area contributed by atoms with Gasteiger partial charge in [0.2, 0.25) is 5.91 Å². The van der Waals surface area contributed by atoms with Crippen LogP contribution in [0.15, 0.2) is 12.2 Å². The van der Waals surface area contributed by atoms with E-state index in [2.05, 4.69) is 0 Å². The van der Waals surface area contributed by atoms with E-state index in [4.69, 9.17) is 5.26 Å². The first-order valence-corrected chi connectivity index (χ1v) is 6.70. The smallest absolute Gasteiger partial charge is 0.307 e. The maximum atomic E-state index is 12.5. The van der Waals surface area contributed by atoms with Gasteiger partial charge in [0.25, 0.3) is 0 Å². The molecule has 0 aromatic heterocycles. The monoisotopic (exact) mass is 262 g/mol. The Morgan fingerprint density at radius 3 is 2.42 bits per heavy atom. The Kier molecular flexibility index (Phi) is 4.20. The number of carboxylic acids is 1. The minimum Gasteiger partial charge on any atom is -0.481 e. The number of allylic oxidation sites excluding steroid dienone is 2. The molecule has 0 aliphatic heterocycles. The van der Waals surface area contributed by atoms with E-state index < -0.39 is 17.8 Å². The molecule has 5 nitrogen and oxygen atoms in total. The van der Waals surface area contributed by atoms with Crippen LogP contribution in [-0.4, -0.2) is 34.5 Å². The molecule has 1 saturated carbocycles. The molecule has 2 aliphatic rings. The molecule has 0 heterocycles. The van der Waals surface area contributed by atoms with Crippen LogP contribution < -0.4 is 0 Å². The fourth-order valence-corrected chi connectivity index (χ4v) is 2.60. The van der Waals surface area contributed by atoms with Crippen molar-refractivity contribution in [1.29, 1.82) is 5.26 Å². The van der Waals surface area contributed by atoms with Gasteiger partial charge in [-0.25, -0.2) is 0 Å². The van der Waals surface area contributed by atoms with Gasteiger partial charge in [-0.15, -0.1) is 0 Å². The summed E-state index contributed by atoms with van der Waals surface area (Å²) < 4.78 is 0. The topological polar surface area (TPSA) is 81.4 Å². The molecule has 102 valence electrons. The molecular weight excluding hydrogens is 244 g/mol. The average molecular weight is 262 g/mol. The van der Waals surface area contributed by atoms with Gasteiger partial charge in [0.15, 0.2) is 0 Å². The van der Waals surface area contributed by atoms with E-state index in [9.17, 15) is 14.7 Å². The summed E-state index contributed by atoms with van der Waals surface area (Å²) in [7, 11) is 0. The molecule has 0 unspecified atom stereocenters. The third-order valence-corrected chi connectivity index (χ3v) is 3.80. The number of carbonyl (C=O) groups is 2. The normalized spacial score (nSPS) is 25.6. The lowest BCUT2D eigenvalue weighted by Gasteiger charge is -2.30. The van der Waals surface area contributed by atoms with Crippen molar-refractivity contribution in [2.75, 3.05) is 6.54 Å². The minimum absolute atomic E-state index is 0.0884. The SMILES string of the molecule is N#CCCN(C(=O)[C@@H]1CC=CC[C@@H]1C(=O)O)C1CC1. The lowest BCUT2D eigenvalue weighted by atomic mass is 9.82. The maximum Gasteiger partial charge on any atom is 0.307 e. The largest absolute Gasteiger partial charge is 0.481 e. The van der Waals surface area contributed by atoms with Gasteiger partial charge < -0.3 is 10.0 Å². The van der Waals surface area contributed by atoms with Crippen molar-refractivity contribution in [3.05, 3.63) is 12.2 Å². The summed E-state index contributed by atoms with van der Waals surface area (Å²) in [4.78, 5) is 25.5. The van der Waals surface area contributed by atoms with E-state index in [1.807, 2.05) is 18.2 Å². The molecular formula is C14H18N2O3. The third-order valence-electron chi connectivity index (χ3n) is 3.80. The Bertz CT molecular complexity index is 434. The predicted octanol–water partition coefficient (Wildman–Crippen LogP) is 1.56. The Morgan fingerprint density at radius 1 is 1.26 bits per heavy atom. The molecule has 1 fully saturated rings. The van der Waals surface area contributed by atoms with Crippen molar-refractivity contribution in [3.8, 4) is 6.07 Å². The van der Waals surface area contributed by atoms with E-state index in [1.54, 1.807) is 4.90 Å². The summed E-state index contributed by atoms with van der Waals surface area (Å²) in [6.07, 6.45) is 6.88. The first-order chi connectivity index (χ1) is 9.15. The number of amides is 1. The van der Waals surface area contributed by atoms with E-state index in [1.165, 1.54) is 0 Å². The van der Waals surface area contributed by atoms with Gasteiger partial charge in [-0.2, -0.15) is 5.26 Å². The zero-order chi connectivity index (χ0) is 13.8. The van der Waals surface area contributed by atoms with Crippen LogP contribution in [0.4, 0.5) is 0 Å². The van der Waals surface area contributed by atoms with Gasteiger partial charge >= 0.3 is 5.97 Å². The minimum atomic E-state index is -0.904. The molecule has 2 atom stereocenters. The van der Waals surface area contributed by atoms with Crippen LogP contribution in [0, 0.1) is 23.2 Å². The molecule has 2 aliphatic carbocycles. The number of nitrogens with zero attached hydrogens (tertiary/aromatic N) is 2. The number of rotatable bonds is 5. The van der Waals surface area contributed by atoms with Gasteiger partial charge in [0.1, 0.15) is 0 Å². The lowest BCUT2D eigenvalue weighted by molar-refractivity contribution is -0.150. The molecule has 2 rings (SSSR count). The highest BCUT2D eigenvalue weighted by atomic mass is 16.4. The zero-order valence-electron chi connectivity index (χ0n) is 10.8. The highest BCUT2D eigenvalue weighted by Crippen LogP contribution is 2.33. The summed E-state index contributed by atoms with van der Waals surface area (Å²) in [6, 6.07) is 2.27. The van der Waals surface area contributed by atoms with Gasteiger partial charge in [-0.3, -0.25) is 9.59 Å². The van der Waals surface area contributed by atoms with Crippen molar-refractivity contribution in [2.45, 2.75) is 38.1 Å². The molecule has 0 aromatic carbocycles. The summed E-state index contributed by atoms with van der Waals surface area (Å²) in [6.45, 7) is 0.423. The number of hydrogen-bond donors (Lipinski definition) is 1. The van der Waals surface area contributed by atoms with Crippen LogP contribution in [0.1, 0.15) is 32.1 Å². The van der Waals surface area contributed by atoms with Crippen LogP contribution in [0.2, 0.25) is 0 Å². The first kappa shape index (κ1) is 13.6. The van der Waals surface area contributed by atoms with Gasteiger partial charge in [-0.1, -0.05) is 12.2 Å². The average Bonchev–Trinajstić information content (AvgIpc) is 3.23. The number of carboxylic acid groups (broad SMARTS) is 1. The van der Waals surface area contributed by atoms with E-state index in [0.717, 1.165) is 12.8 Å². The second kappa shape index (κ2) is 5.87. The zero-order valence-corrected chi connectivity index (χ0v) is 10.8. The molecule has 1 amide bonds. The number of carbonyl (C=O) groups excluding carboxylic acids is 1. The molecule has 0 spiro atoms. The van der Waals surface area contributed by atoms with Crippen LogP contribution in [0.25, 0.3) is 0 Å². The van der Waals surface area contributed by atoms with Crippen molar-refractivity contribution in [3.63, 3.8) is 0 Å². The summed E-state index contributed by atoms with van der Waals surface area (Å²) in [5.41, 5.74) is 0. The molecule has 1 N–H and O–H groups in total. The summed E-state index contributed by atoms with van der Waals surface area (Å²) in [5.74, 6) is -2.09. The number of nitriles is 1. The summed E-state index contributed by atoms with van der Waals surface area (Å²) in [5, 5.41) is 17.9. The summed E-state index contributed by atoms with van der Waals surface area (Å²) >= 11 is 0. The van der Waals surface area contributed by atoms with Crippen LogP contribution in [0.3, 0.4) is 0 Å². The molecule has 0 aromatic rings. The highest BCUT2D eigenvalue weighted by molar-refractivity contribution is 5.85. The predicted molar refractivity (Wildman–Crippen MR) is 68.0 cm³/mol. The standard InChI is InChI=1S/C14H18N2O3/c15-8-3-9-16(10-6-7-10)13(17)11-4-1-2-5-12(11)14(18)19/h1-2,10-12H,3-7,9H2,(H,18,19)/t11-,12+/m1/s1. The molecule has 0 saturated heterocycles. The highest BCUT2D eigenvalue weighted by Gasteiger charge is 2.40. The second-order valence-corrected chi connectivity index (χ2v) is 5.16. The van der Waals surface area contributed by atoms with E-state index >= 15 is 0 Å². The van der Waals surface area contributed by atoms with Crippen molar-refractivity contribution >= 4 is 11.9 Å². The van der Waals surface area contributed by atoms with Crippen molar-refractivity contribution in [1.82, 2.24) is 4.90 Å². The fraction of sp³-hybridized carbons (Fsp3) is 0.643. The van der Waals surface area contributed by atoms with Gasteiger partial charge in [-0.05, 0) is 25.7 Å². The molecule has 19 heavy (non-hydrogen) atoms. The second-order valence-electron chi connectivity index (χ2n) is 5.16. The van der Waals surface area contributed by atoms with E-state index in [0.29, 0.717) is 25.8 Å². The van der Waals surface area contributed by atoms with Gasteiger partial charge in [0.05, 0.1) is 24.3 Å².